The molecule has 0 aromatic heterocycles. The van der Waals surface area contributed by atoms with E-state index in [-0.39, 0.29) is 5.56 Å². The number of hydrogen-bond donors (Lipinski definition) is 2. The molecule has 1 unspecified atom stereocenters. The van der Waals surface area contributed by atoms with E-state index >= 15 is 0 Å². The van der Waals surface area contributed by atoms with Gasteiger partial charge in [-0.1, -0.05) is 17.3 Å². The third-order valence-corrected chi connectivity index (χ3v) is 2.08. The zero-order valence-electron chi connectivity index (χ0n) is 8.77. The van der Waals surface area contributed by atoms with Gasteiger partial charge in [0, 0.05) is 12.7 Å². The van der Waals surface area contributed by atoms with Crippen LogP contribution in [-0.4, -0.2) is 23.6 Å². The fourth-order valence-corrected chi connectivity index (χ4v) is 1.31. The highest BCUT2D eigenvalue weighted by molar-refractivity contribution is 5.79. The smallest absolute Gasteiger partial charge is 0.411 e. The zero-order valence-corrected chi connectivity index (χ0v) is 8.77. The van der Waals surface area contributed by atoms with Gasteiger partial charge in [-0.05, 0) is 11.6 Å². The Hall–Kier alpha value is -1.60. The van der Waals surface area contributed by atoms with Crippen LogP contribution in [0.1, 0.15) is 23.0 Å². The van der Waals surface area contributed by atoms with E-state index in [1.807, 2.05) is 0 Å². The summed E-state index contributed by atoms with van der Waals surface area (Å²) in [4.78, 5) is 0. The van der Waals surface area contributed by atoms with Crippen molar-refractivity contribution in [3.05, 3.63) is 34.9 Å². The van der Waals surface area contributed by atoms with E-state index in [9.17, 15) is 18.3 Å². The second-order valence-electron chi connectivity index (χ2n) is 3.18. The number of aliphatic hydroxyl groups excluding tert-OH is 1. The maximum atomic E-state index is 12.7. The molecule has 0 aliphatic carbocycles. The number of oxime groups is 1. The Bertz CT molecular complexity index is 418. The highest BCUT2D eigenvalue weighted by atomic mass is 19.4. The van der Waals surface area contributed by atoms with E-state index in [0.717, 1.165) is 25.5 Å². The minimum absolute atomic E-state index is 0.0619. The summed E-state index contributed by atoms with van der Waals surface area (Å²) in [5, 5.41) is 20.2. The molecule has 17 heavy (non-hydrogen) atoms. The second-order valence-corrected chi connectivity index (χ2v) is 3.18. The van der Waals surface area contributed by atoms with E-state index < -0.39 is 23.6 Å². The molecule has 7 heteroatoms. The summed E-state index contributed by atoms with van der Waals surface area (Å²) in [6.07, 6.45) is -5.43. The van der Waals surface area contributed by atoms with Gasteiger partial charge >= 0.3 is 6.18 Å². The summed E-state index contributed by atoms with van der Waals surface area (Å²) in [6, 6.07) is 3.10. The summed E-state index contributed by atoms with van der Waals surface area (Å²) < 4.78 is 42.5. The highest BCUT2D eigenvalue weighted by Gasteiger charge is 2.35. The minimum Gasteiger partial charge on any atom is -0.411 e. The molecule has 1 aromatic carbocycles. The molecule has 4 nitrogen and oxygen atoms in total. The second kappa shape index (κ2) is 5.15. The molecule has 0 spiro atoms. The van der Waals surface area contributed by atoms with Crippen LogP contribution in [0.25, 0.3) is 0 Å². The van der Waals surface area contributed by atoms with Gasteiger partial charge in [-0.25, -0.2) is 0 Å². The molecule has 2 N–H and O–H groups in total. The Morgan fingerprint density at radius 3 is 2.53 bits per heavy atom. The number of nitrogens with zero attached hydrogens (tertiary/aromatic N) is 1. The number of methoxy groups -OCH3 is 1. The fourth-order valence-electron chi connectivity index (χ4n) is 1.31. The summed E-state index contributed by atoms with van der Waals surface area (Å²) >= 11 is 0. The molecule has 0 aliphatic heterocycles. The summed E-state index contributed by atoms with van der Waals surface area (Å²) in [5.41, 5.74) is -1.37. The van der Waals surface area contributed by atoms with Crippen molar-refractivity contribution in [1.82, 2.24) is 0 Å². The number of hydrogen-bond acceptors (Lipinski definition) is 4. The third kappa shape index (κ3) is 3.18. The Kier molecular flexibility index (Phi) is 4.08. The Balaban J connectivity index is 3.31. The maximum absolute atomic E-state index is 12.7. The lowest BCUT2D eigenvalue weighted by Gasteiger charge is -2.16. The van der Waals surface area contributed by atoms with Gasteiger partial charge in [0.05, 0.1) is 11.8 Å². The van der Waals surface area contributed by atoms with Gasteiger partial charge in [0.1, 0.15) is 0 Å². The summed E-state index contributed by atoms with van der Waals surface area (Å²) in [5.74, 6) is 0. The van der Waals surface area contributed by atoms with E-state index in [1.165, 1.54) is 6.07 Å². The highest BCUT2D eigenvalue weighted by Crippen LogP contribution is 2.35. The number of halogens is 3. The monoisotopic (exact) mass is 249 g/mol. The van der Waals surface area contributed by atoms with Crippen molar-refractivity contribution < 1.29 is 28.2 Å². The number of rotatable bonds is 3. The van der Waals surface area contributed by atoms with Crippen molar-refractivity contribution >= 4 is 6.21 Å². The van der Waals surface area contributed by atoms with Crippen molar-refractivity contribution in [2.75, 3.05) is 7.11 Å². The van der Waals surface area contributed by atoms with Gasteiger partial charge in [-0.2, -0.15) is 13.2 Å². The fraction of sp³-hybridized carbons (Fsp3) is 0.300. The molecule has 0 fully saturated rings. The summed E-state index contributed by atoms with van der Waals surface area (Å²) in [7, 11) is 1.09. The molecule has 0 radical (unpaired) electrons. The van der Waals surface area contributed by atoms with E-state index in [0.29, 0.717) is 0 Å². The van der Waals surface area contributed by atoms with Crippen molar-refractivity contribution in [2.24, 2.45) is 5.16 Å². The van der Waals surface area contributed by atoms with Gasteiger partial charge in [0.25, 0.3) is 0 Å². The first-order chi connectivity index (χ1) is 7.90. The average molecular weight is 249 g/mol. The largest absolute Gasteiger partial charge is 0.416 e. The van der Waals surface area contributed by atoms with Gasteiger partial charge in [0.2, 0.25) is 0 Å². The van der Waals surface area contributed by atoms with Crippen molar-refractivity contribution in [1.29, 1.82) is 0 Å². The van der Waals surface area contributed by atoms with E-state index in [2.05, 4.69) is 9.89 Å². The lowest BCUT2D eigenvalue weighted by Crippen LogP contribution is -2.13. The zero-order chi connectivity index (χ0) is 13.1. The normalized spacial score (nSPS) is 14.2. The Morgan fingerprint density at radius 2 is 2.06 bits per heavy atom. The van der Waals surface area contributed by atoms with E-state index in [4.69, 9.17) is 5.21 Å². The first-order valence-corrected chi connectivity index (χ1v) is 4.49. The van der Waals surface area contributed by atoms with Crippen LogP contribution in [0.3, 0.4) is 0 Å². The molecule has 1 rings (SSSR count). The molecule has 0 saturated heterocycles. The van der Waals surface area contributed by atoms with Crippen LogP contribution >= 0.6 is 0 Å². The molecule has 0 amide bonds. The topological polar surface area (TPSA) is 62.0 Å². The van der Waals surface area contributed by atoms with E-state index in [1.54, 1.807) is 0 Å². The Morgan fingerprint density at radius 1 is 1.41 bits per heavy atom. The van der Waals surface area contributed by atoms with Crippen LogP contribution in [0, 0.1) is 0 Å². The maximum Gasteiger partial charge on any atom is 0.416 e. The number of aliphatic hydroxyl groups is 1. The van der Waals surface area contributed by atoms with Crippen molar-refractivity contribution in [2.45, 2.75) is 12.5 Å². The quantitative estimate of drug-likeness (QED) is 0.373. The van der Waals surface area contributed by atoms with Gasteiger partial charge in [-0.3, -0.25) is 0 Å². The molecular weight excluding hydrogens is 239 g/mol. The predicted molar refractivity (Wildman–Crippen MR) is 52.8 cm³/mol. The van der Waals surface area contributed by atoms with Gasteiger partial charge in [0.15, 0.2) is 6.29 Å². The first kappa shape index (κ1) is 13.5. The third-order valence-electron chi connectivity index (χ3n) is 2.08. The first-order valence-electron chi connectivity index (χ1n) is 4.49. The molecule has 1 aromatic rings. The predicted octanol–water partition coefficient (Wildman–Crippen LogP) is 2.15. The number of alkyl halides is 3. The average Bonchev–Trinajstić information content (AvgIpc) is 2.27. The van der Waals surface area contributed by atoms with Crippen LogP contribution < -0.4 is 0 Å². The molecule has 0 aliphatic rings. The molecular formula is C10H10F3NO3. The van der Waals surface area contributed by atoms with Crippen LogP contribution in [0.5, 0.6) is 0 Å². The lowest BCUT2D eigenvalue weighted by molar-refractivity contribution is -0.144. The standard InChI is InChI=1S/C10H10F3NO3/c1-17-9(15)7-3-2-6(5-14-16)4-8(7)10(11,12)13/h2-5,9,15-16H,1H3/b14-5+. The van der Waals surface area contributed by atoms with Gasteiger partial charge < -0.3 is 15.1 Å². The Labute approximate surface area is 94.9 Å². The van der Waals surface area contributed by atoms with Gasteiger partial charge in [-0.15, -0.1) is 0 Å². The lowest BCUT2D eigenvalue weighted by atomic mass is 10.0. The van der Waals surface area contributed by atoms with Crippen molar-refractivity contribution in [3.8, 4) is 0 Å². The van der Waals surface area contributed by atoms with Crippen LogP contribution in [0.15, 0.2) is 23.4 Å². The SMILES string of the molecule is COC(O)c1ccc(/C=N/O)cc1C(F)(F)F. The number of ether oxygens (including phenoxy) is 1. The van der Waals surface area contributed by atoms with Crippen LogP contribution in [0.2, 0.25) is 0 Å². The molecule has 0 saturated carbocycles. The molecule has 0 bridgehead atoms. The number of benzene rings is 1. The minimum atomic E-state index is -4.63. The molecule has 1 atom stereocenters. The molecule has 0 heterocycles. The summed E-state index contributed by atoms with van der Waals surface area (Å²) in [6.45, 7) is 0. The van der Waals surface area contributed by atoms with Crippen LogP contribution in [-0.2, 0) is 10.9 Å². The molecule has 94 valence electrons. The van der Waals surface area contributed by atoms with Crippen LogP contribution in [0.4, 0.5) is 13.2 Å². The van der Waals surface area contributed by atoms with Crippen molar-refractivity contribution in [3.63, 3.8) is 0 Å².